The molecule has 0 atom stereocenters. The molecule has 2 N–H and O–H groups in total. The molecule has 70 valence electrons. The van der Waals surface area contributed by atoms with Crippen molar-refractivity contribution in [1.82, 2.24) is 0 Å². The summed E-state index contributed by atoms with van der Waals surface area (Å²) in [5, 5.41) is 0. The van der Waals surface area contributed by atoms with E-state index in [4.69, 9.17) is 5.73 Å². The van der Waals surface area contributed by atoms with E-state index in [2.05, 4.69) is 31.2 Å². The van der Waals surface area contributed by atoms with Gasteiger partial charge in [-0.05, 0) is 38.2 Å². The predicted molar refractivity (Wildman–Crippen MR) is 55.7 cm³/mol. The van der Waals surface area contributed by atoms with Crippen LogP contribution in [0.3, 0.4) is 0 Å². The molecule has 0 spiro atoms. The van der Waals surface area contributed by atoms with Crippen molar-refractivity contribution in [3.8, 4) is 0 Å². The average Bonchev–Trinajstić information content (AvgIpc) is 2.01. The Morgan fingerprint density at radius 2 is 2.15 bits per heavy atom. The van der Waals surface area contributed by atoms with Gasteiger partial charge in [-0.2, -0.15) is 0 Å². The number of hydrogen-bond acceptors (Lipinski definition) is 1. The molecule has 13 heavy (non-hydrogen) atoms. The Morgan fingerprint density at radius 1 is 1.38 bits per heavy atom. The summed E-state index contributed by atoms with van der Waals surface area (Å²) in [5.41, 5.74) is 9.03. The first kappa shape index (κ1) is 8.76. The van der Waals surface area contributed by atoms with Crippen molar-refractivity contribution in [3.63, 3.8) is 0 Å². The molecular formula is C12H17N. The molecule has 0 heterocycles. The highest BCUT2D eigenvalue weighted by Crippen LogP contribution is 2.32. The fourth-order valence-electron chi connectivity index (χ4n) is 2.04. The van der Waals surface area contributed by atoms with E-state index < -0.39 is 0 Å². The van der Waals surface area contributed by atoms with Gasteiger partial charge in [-0.3, -0.25) is 0 Å². The van der Waals surface area contributed by atoms with Crippen LogP contribution in [0.4, 0.5) is 0 Å². The van der Waals surface area contributed by atoms with Crippen molar-refractivity contribution < 1.29 is 0 Å². The van der Waals surface area contributed by atoms with Crippen LogP contribution >= 0.6 is 0 Å². The van der Waals surface area contributed by atoms with Crippen LogP contribution < -0.4 is 5.73 Å². The summed E-state index contributed by atoms with van der Waals surface area (Å²) in [4.78, 5) is 0. The lowest BCUT2D eigenvalue weighted by Crippen LogP contribution is -2.48. The lowest BCUT2D eigenvalue weighted by Gasteiger charge is -2.38. The van der Waals surface area contributed by atoms with Crippen LogP contribution in [0.5, 0.6) is 0 Å². The number of nitrogens with two attached hydrogens (primary N) is 1. The Kier molecular flexibility index (Phi) is 2.12. The molecule has 0 unspecified atom stereocenters. The first-order valence-electron chi connectivity index (χ1n) is 5.02. The summed E-state index contributed by atoms with van der Waals surface area (Å²) < 4.78 is 0. The molecule has 1 aliphatic carbocycles. The minimum Gasteiger partial charge on any atom is -0.325 e. The monoisotopic (exact) mass is 175 g/mol. The maximum atomic E-state index is 6.18. The zero-order chi connectivity index (χ0) is 9.31. The molecule has 2 rings (SSSR count). The molecule has 1 aromatic carbocycles. The molecule has 0 aliphatic heterocycles. The summed E-state index contributed by atoms with van der Waals surface area (Å²) in [6.07, 6.45) is 4.75. The van der Waals surface area contributed by atoms with Crippen molar-refractivity contribution >= 4 is 0 Å². The minimum absolute atomic E-state index is 0.119. The SMILES string of the molecule is Cc1cccc(CC2(N)CCC2)c1. The highest BCUT2D eigenvalue weighted by atomic mass is 14.8. The van der Waals surface area contributed by atoms with Crippen LogP contribution in [0.15, 0.2) is 24.3 Å². The van der Waals surface area contributed by atoms with Crippen LogP contribution in [-0.4, -0.2) is 5.54 Å². The molecule has 0 aromatic heterocycles. The molecule has 0 amide bonds. The van der Waals surface area contributed by atoms with E-state index in [0.717, 1.165) is 6.42 Å². The van der Waals surface area contributed by atoms with Gasteiger partial charge in [0.15, 0.2) is 0 Å². The molecule has 1 heteroatoms. The third-order valence-corrected chi connectivity index (χ3v) is 2.99. The van der Waals surface area contributed by atoms with Gasteiger partial charge in [-0.15, -0.1) is 0 Å². The van der Waals surface area contributed by atoms with Gasteiger partial charge in [0.25, 0.3) is 0 Å². The van der Waals surface area contributed by atoms with Gasteiger partial charge < -0.3 is 5.73 Å². The lowest BCUT2D eigenvalue weighted by molar-refractivity contribution is 0.247. The van der Waals surface area contributed by atoms with Gasteiger partial charge in [-0.1, -0.05) is 29.8 Å². The molecule has 0 bridgehead atoms. The zero-order valence-electron chi connectivity index (χ0n) is 8.22. The third-order valence-electron chi connectivity index (χ3n) is 2.99. The van der Waals surface area contributed by atoms with E-state index in [-0.39, 0.29) is 5.54 Å². The van der Waals surface area contributed by atoms with E-state index in [1.807, 2.05) is 0 Å². The Hall–Kier alpha value is -0.820. The lowest BCUT2D eigenvalue weighted by atomic mass is 9.74. The summed E-state index contributed by atoms with van der Waals surface area (Å²) in [5.74, 6) is 0. The van der Waals surface area contributed by atoms with E-state index >= 15 is 0 Å². The van der Waals surface area contributed by atoms with Crippen molar-refractivity contribution in [2.45, 2.75) is 38.1 Å². The van der Waals surface area contributed by atoms with Crippen LogP contribution in [0, 0.1) is 6.92 Å². The van der Waals surface area contributed by atoms with Gasteiger partial charge in [0.2, 0.25) is 0 Å². The van der Waals surface area contributed by atoms with E-state index in [0.29, 0.717) is 0 Å². The predicted octanol–water partition coefficient (Wildman–Crippen LogP) is 2.42. The van der Waals surface area contributed by atoms with Crippen molar-refractivity contribution in [1.29, 1.82) is 0 Å². The summed E-state index contributed by atoms with van der Waals surface area (Å²) >= 11 is 0. The largest absolute Gasteiger partial charge is 0.325 e. The van der Waals surface area contributed by atoms with Crippen LogP contribution in [0.2, 0.25) is 0 Å². The summed E-state index contributed by atoms with van der Waals surface area (Å²) in [6, 6.07) is 8.67. The molecule has 1 aliphatic rings. The van der Waals surface area contributed by atoms with E-state index in [1.54, 1.807) is 0 Å². The second-order valence-electron chi connectivity index (χ2n) is 4.38. The minimum atomic E-state index is 0.119. The fraction of sp³-hybridized carbons (Fsp3) is 0.500. The van der Waals surface area contributed by atoms with Gasteiger partial charge in [-0.25, -0.2) is 0 Å². The first-order valence-corrected chi connectivity index (χ1v) is 5.02. The van der Waals surface area contributed by atoms with Crippen molar-refractivity contribution in [2.75, 3.05) is 0 Å². The van der Waals surface area contributed by atoms with Gasteiger partial charge in [0.1, 0.15) is 0 Å². The smallest absolute Gasteiger partial charge is 0.0195 e. The number of aryl methyl sites for hydroxylation is 1. The molecular weight excluding hydrogens is 158 g/mol. The van der Waals surface area contributed by atoms with Crippen LogP contribution in [-0.2, 0) is 6.42 Å². The van der Waals surface area contributed by atoms with Gasteiger partial charge in [0.05, 0.1) is 0 Å². The maximum Gasteiger partial charge on any atom is 0.0195 e. The third kappa shape index (κ3) is 1.92. The summed E-state index contributed by atoms with van der Waals surface area (Å²) in [6.45, 7) is 2.13. The maximum absolute atomic E-state index is 6.18. The zero-order valence-corrected chi connectivity index (χ0v) is 8.22. The second-order valence-corrected chi connectivity index (χ2v) is 4.38. The Balaban J connectivity index is 2.09. The fourth-order valence-corrected chi connectivity index (χ4v) is 2.04. The van der Waals surface area contributed by atoms with Crippen molar-refractivity contribution in [2.24, 2.45) is 5.73 Å². The molecule has 0 saturated heterocycles. The Morgan fingerprint density at radius 3 is 2.69 bits per heavy atom. The first-order chi connectivity index (χ1) is 6.18. The average molecular weight is 175 g/mol. The standard InChI is InChI=1S/C12H17N/c1-10-4-2-5-11(8-10)9-12(13)6-3-7-12/h2,4-5,8H,3,6-7,9,13H2,1H3. The Bertz CT molecular complexity index is 300. The molecule has 1 fully saturated rings. The summed E-state index contributed by atoms with van der Waals surface area (Å²) in [7, 11) is 0. The second kappa shape index (κ2) is 3.15. The van der Waals surface area contributed by atoms with Gasteiger partial charge in [0, 0.05) is 5.54 Å². The normalized spacial score (nSPS) is 19.5. The van der Waals surface area contributed by atoms with Crippen molar-refractivity contribution in [3.05, 3.63) is 35.4 Å². The van der Waals surface area contributed by atoms with Crippen LogP contribution in [0.1, 0.15) is 30.4 Å². The number of hydrogen-bond donors (Lipinski definition) is 1. The molecule has 1 nitrogen and oxygen atoms in total. The number of benzene rings is 1. The highest BCUT2D eigenvalue weighted by molar-refractivity contribution is 5.24. The van der Waals surface area contributed by atoms with Gasteiger partial charge >= 0.3 is 0 Å². The molecule has 1 aromatic rings. The number of rotatable bonds is 2. The quantitative estimate of drug-likeness (QED) is 0.734. The van der Waals surface area contributed by atoms with Crippen LogP contribution in [0.25, 0.3) is 0 Å². The molecule has 0 radical (unpaired) electrons. The Labute approximate surface area is 80.0 Å². The van der Waals surface area contributed by atoms with E-state index in [1.165, 1.54) is 30.4 Å². The van der Waals surface area contributed by atoms with E-state index in [9.17, 15) is 0 Å². The topological polar surface area (TPSA) is 26.0 Å². The highest BCUT2D eigenvalue weighted by Gasteiger charge is 2.32. The molecule has 1 saturated carbocycles.